The predicted molar refractivity (Wildman–Crippen MR) is 115 cm³/mol. The van der Waals surface area contributed by atoms with Crippen LogP contribution in [0.2, 0.25) is 0 Å². The van der Waals surface area contributed by atoms with Crippen LogP contribution in [-0.2, 0) is 18.3 Å². The van der Waals surface area contributed by atoms with Gasteiger partial charge in [-0.1, -0.05) is 25.1 Å². The lowest BCUT2D eigenvalue weighted by molar-refractivity contribution is -0.116. The number of nitrogens with one attached hydrogen (secondary N) is 1. The van der Waals surface area contributed by atoms with Gasteiger partial charge in [-0.15, -0.1) is 0 Å². The lowest BCUT2D eigenvalue weighted by Crippen LogP contribution is -2.24. The molecule has 0 unspecified atom stereocenters. The molecule has 3 aromatic rings. The van der Waals surface area contributed by atoms with Crippen LogP contribution in [0.4, 0.5) is 0 Å². The molecule has 6 heteroatoms. The summed E-state index contributed by atoms with van der Waals surface area (Å²) in [6.45, 7) is 3.22. The third-order valence-corrected chi connectivity index (χ3v) is 4.62. The topological polar surface area (TPSA) is 65.4 Å². The molecule has 3 rings (SSSR count). The van der Waals surface area contributed by atoms with Crippen molar-refractivity contribution in [2.24, 2.45) is 7.05 Å². The van der Waals surface area contributed by atoms with E-state index in [4.69, 9.17) is 9.47 Å². The quantitative estimate of drug-likeness (QED) is 0.563. The standard InChI is InChI=1S/C23H27N3O3/c1-4-15-29-21-8-6-5-7-17(21)9-12-23(27)24-14-13-22-25-19-16-18(28-3)10-11-20(19)26(22)2/h5-12,16H,4,13-15H2,1-3H3,(H,24,27)/b12-9+. The molecule has 0 saturated carbocycles. The summed E-state index contributed by atoms with van der Waals surface area (Å²) in [5, 5.41) is 2.91. The summed E-state index contributed by atoms with van der Waals surface area (Å²) in [7, 11) is 3.62. The van der Waals surface area contributed by atoms with Gasteiger partial charge in [0.1, 0.15) is 17.3 Å². The number of rotatable bonds is 9. The highest BCUT2D eigenvalue weighted by Crippen LogP contribution is 2.21. The maximum Gasteiger partial charge on any atom is 0.244 e. The Morgan fingerprint density at radius 2 is 2.07 bits per heavy atom. The minimum absolute atomic E-state index is 0.143. The molecule has 0 radical (unpaired) electrons. The van der Waals surface area contributed by atoms with Crippen molar-refractivity contribution >= 4 is 23.0 Å². The van der Waals surface area contributed by atoms with Crippen LogP contribution in [0, 0.1) is 0 Å². The maximum absolute atomic E-state index is 12.2. The van der Waals surface area contributed by atoms with Crippen molar-refractivity contribution in [2.45, 2.75) is 19.8 Å². The number of nitrogens with zero attached hydrogens (tertiary/aromatic N) is 2. The molecule has 1 aromatic heterocycles. The summed E-state index contributed by atoms with van der Waals surface area (Å²) in [4.78, 5) is 16.8. The van der Waals surface area contributed by atoms with Gasteiger partial charge in [0, 0.05) is 37.7 Å². The zero-order valence-electron chi connectivity index (χ0n) is 17.1. The molecule has 0 aliphatic heterocycles. The molecule has 2 aromatic carbocycles. The van der Waals surface area contributed by atoms with Gasteiger partial charge in [-0.05, 0) is 30.7 Å². The van der Waals surface area contributed by atoms with Crippen molar-refractivity contribution in [3.05, 3.63) is 59.9 Å². The molecular formula is C23H27N3O3. The summed E-state index contributed by atoms with van der Waals surface area (Å²) in [6, 6.07) is 13.5. The first-order valence-corrected chi connectivity index (χ1v) is 9.79. The molecule has 0 saturated heterocycles. The SMILES string of the molecule is CCCOc1ccccc1/C=C/C(=O)NCCc1nc2cc(OC)ccc2n1C. The Morgan fingerprint density at radius 3 is 2.86 bits per heavy atom. The first kappa shape index (κ1) is 20.5. The molecule has 29 heavy (non-hydrogen) atoms. The molecule has 0 fully saturated rings. The number of hydrogen-bond donors (Lipinski definition) is 1. The normalized spacial score (nSPS) is 11.1. The predicted octanol–water partition coefficient (Wildman–Crippen LogP) is 3.74. The summed E-state index contributed by atoms with van der Waals surface area (Å²) in [5.41, 5.74) is 2.81. The molecule has 0 aliphatic rings. The highest BCUT2D eigenvalue weighted by molar-refractivity contribution is 5.92. The van der Waals surface area contributed by atoms with Gasteiger partial charge in [-0.3, -0.25) is 4.79 Å². The number of amides is 1. The smallest absolute Gasteiger partial charge is 0.244 e. The molecule has 0 atom stereocenters. The second kappa shape index (κ2) is 9.78. The number of imidazole rings is 1. The Hall–Kier alpha value is -3.28. The first-order valence-electron chi connectivity index (χ1n) is 9.79. The van der Waals surface area contributed by atoms with Gasteiger partial charge in [0.15, 0.2) is 0 Å². The number of carbonyl (C=O) groups is 1. The van der Waals surface area contributed by atoms with Gasteiger partial charge in [-0.25, -0.2) is 4.98 Å². The summed E-state index contributed by atoms with van der Waals surface area (Å²) < 4.78 is 13.0. The van der Waals surface area contributed by atoms with E-state index >= 15 is 0 Å². The van der Waals surface area contributed by atoms with Crippen LogP contribution in [0.25, 0.3) is 17.1 Å². The number of aromatic nitrogens is 2. The number of hydrogen-bond acceptors (Lipinski definition) is 4. The second-order valence-corrected chi connectivity index (χ2v) is 6.70. The average molecular weight is 393 g/mol. The van der Waals surface area contributed by atoms with Gasteiger partial charge in [-0.2, -0.15) is 0 Å². The zero-order valence-corrected chi connectivity index (χ0v) is 17.1. The largest absolute Gasteiger partial charge is 0.497 e. The van der Waals surface area contributed by atoms with E-state index in [1.54, 1.807) is 13.2 Å². The minimum Gasteiger partial charge on any atom is -0.497 e. The van der Waals surface area contributed by atoms with Crippen molar-refractivity contribution in [1.82, 2.24) is 14.9 Å². The van der Waals surface area contributed by atoms with Crippen LogP contribution in [0.3, 0.4) is 0 Å². The highest BCUT2D eigenvalue weighted by Gasteiger charge is 2.09. The Kier molecular flexibility index (Phi) is 6.89. The monoisotopic (exact) mass is 393 g/mol. The molecule has 1 N–H and O–H groups in total. The van der Waals surface area contributed by atoms with Crippen LogP contribution in [0.15, 0.2) is 48.5 Å². The summed E-state index contributed by atoms with van der Waals surface area (Å²) >= 11 is 0. The summed E-state index contributed by atoms with van der Waals surface area (Å²) in [5.74, 6) is 2.34. The van der Waals surface area contributed by atoms with E-state index in [0.29, 0.717) is 19.6 Å². The Balaban J connectivity index is 1.57. The second-order valence-electron chi connectivity index (χ2n) is 6.70. The Morgan fingerprint density at radius 1 is 1.24 bits per heavy atom. The fourth-order valence-electron chi connectivity index (χ4n) is 3.06. The van der Waals surface area contributed by atoms with Crippen LogP contribution in [0.1, 0.15) is 24.7 Å². The number of benzene rings is 2. The van der Waals surface area contributed by atoms with E-state index in [0.717, 1.165) is 40.3 Å². The molecule has 1 heterocycles. The zero-order chi connectivity index (χ0) is 20.6. The molecule has 0 aliphatic carbocycles. The number of para-hydroxylation sites is 1. The van der Waals surface area contributed by atoms with Gasteiger partial charge in [0.2, 0.25) is 5.91 Å². The molecule has 1 amide bonds. The maximum atomic E-state index is 12.2. The number of carbonyl (C=O) groups excluding carboxylic acids is 1. The van der Waals surface area contributed by atoms with Crippen molar-refractivity contribution in [3.8, 4) is 11.5 Å². The van der Waals surface area contributed by atoms with Crippen LogP contribution >= 0.6 is 0 Å². The average Bonchev–Trinajstić information content (AvgIpc) is 3.06. The van der Waals surface area contributed by atoms with Crippen LogP contribution in [-0.4, -0.2) is 35.7 Å². The van der Waals surface area contributed by atoms with Crippen molar-refractivity contribution < 1.29 is 14.3 Å². The lowest BCUT2D eigenvalue weighted by Gasteiger charge is -2.07. The number of aryl methyl sites for hydroxylation is 1. The van der Waals surface area contributed by atoms with E-state index < -0.39 is 0 Å². The van der Waals surface area contributed by atoms with E-state index in [9.17, 15) is 4.79 Å². The molecule has 152 valence electrons. The fourth-order valence-corrected chi connectivity index (χ4v) is 3.06. The van der Waals surface area contributed by atoms with Crippen molar-refractivity contribution in [3.63, 3.8) is 0 Å². The van der Waals surface area contributed by atoms with Crippen LogP contribution < -0.4 is 14.8 Å². The number of ether oxygens (including phenoxy) is 2. The van der Waals surface area contributed by atoms with Gasteiger partial charge in [0.25, 0.3) is 0 Å². The van der Waals surface area contributed by atoms with Crippen LogP contribution in [0.5, 0.6) is 11.5 Å². The molecular weight excluding hydrogens is 366 g/mol. The van der Waals surface area contributed by atoms with Gasteiger partial charge < -0.3 is 19.4 Å². The Labute approximate surface area is 171 Å². The molecule has 6 nitrogen and oxygen atoms in total. The molecule has 0 spiro atoms. The van der Waals surface area contributed by atoms with E-state index in [-0.39, 0.29) is 5.91 Å². The van der Waals surface area contributed by atoms with Gasteiger partial charge >= 0.3 is 0 Å². The fraction of sp³-hybridized carbons (Fsp3) is 0.304. The third kappa shape index (κ3) is 5.16. The number of methoxy groups -OCH3 is 1. The van der Waals surface area contributed by atoms with Crippen molar-refractivity contribution in [2.75, 3.05) is 20.3 Å². The van der Waals surface area contributed by atoms with Crippen molar-refractivity contribution in [1.29, 1.82) is 0 Å². The van der Waals surface area contributed by atoms with E-state index in [2.05, 4.69) is 17.2 Å². The third-order valence-electron chi connectivity index (χ3n) is 4.62. The molecule has 0 bridgehead atoms. The summed E-state index contributed by atoms with van der Waals surface area (Å²) in [6.07, 6.45) is 4.90. The van der Waals surface area contributed by atoms with E-state index in [1.165, 1.54) is 6.08 Å². The van der Waals surface area contributed by atoms with Gasteiger partial charge in [0.05, 0.1) is 24.8 Å². The highest BCUT2D eigenvalue weighted by atomic mass is 16.5. The lowest BCUT2D eigenvalue weighted by atomic mass is 10.2. The minimum atomic E-state index is -0.143. The number of fused-ring (bicyclic) bond motifs is 1. The Bertz CT molecular complexity index is 1010. The first-order chi connectivity index (χ1) is 14.1. The van der Waals surface area contributed by atoms with E-state index in [1.807, 2.05) is 54.1 Å².